The molecule has 0 radical (unpaired) electrons. The van der Waals surface area contributed by atoms with E-state index in [9.17, 15) is 4.79 Å². The molecule has 2 nitrogen and oxygen atoms in total. The topological polar surface area (TPSA) is 29.6 Å². The highest BCUT2D eigenvalue weighted by Crippen LogP contribution is 2.47. The van der Waals surface area contributed by atoms with Crippen LogP contribution in [0.25, 0.3) is 0 Å². The Morgan fingerprint density at radius 1 is 1.58 bits per heavy atom. The van der Waals surface area contributed by atoms with E-state index in [4.69, 9.17) is 4.74 Å². The number of Topliss-reactive ketones (excluding diaryl/α,β-unsaturated/α-hetero) is 1. The lowest BCUT2D eigenvalue weighted by Gasteiger charge is -2.15. The molecule has 1 aliphatic carbocycles. The minimum absolute atomic E-state index is 0.101. The highest BCUT2D eigenvalue weighted by Gasteiger charge is 2.59. The van der Waals surface area contributed by atoms with Crippen LogP contribution in [-0.4, -0.2) is 17.5 Å². The van der Waals surface area contributed by atoms with Crippen LogP contribution >= 0.6 is 0 Å². The molecule has 0 spiro atoms. The molecule has 2 atom stereocenters. The molecule has 0 N–H and O–H groups in total. The van der Waals surface area contributed by atoms with Crippen molar-refractivity contribution in [3.8, 4) is 0 Å². The summed E-state index contributed by atoms with van der Waals surface area (Å²) in [7, 11) is 0. The number of ketones is 1. The fraction of sp³-hybridized carbons (Fsp3) is 0.700. The van der Waals surface area contributed by atoms with E-state index in [2.05, 4.69) is 0 Å². The van der Waals surface area contributed by atoms with Crippen LogP contribution in [0.4, 0.5) is 0 Å². The molecule has 0 aromatic heterocycles. The number of hydrogen-bond donors (Lipinski definition) is 0. The minimum atomic E-state index is -0.115. The molecule has 2 fully saturated rings. The second-order valence-electron chi connectivity index (χ2n) is 4.15. The van der Waals surface area contributed by atoms with Gasteiger partial charge in [-0.05, 0) is 39.2 Å². The highest BCUT2D eigenvalue weighted by molar-refractivity contribution is 6.02. The number of carbonyl (C=O) groups excluding carboxylic acids is 1. The third kappa shape index (κ3) is 0.944. The summed E-state index contributed by atoms with van der Waals surface area (Å²) in [6.07, 6.45) is 1.79. The Labute approximate surface area is 72.6 Å². The monoisotopic (exact) mass is 166 g/mol. The molecule has 0 amide bonds. The largest absolute Gasteiger partial charge is 0.358 e. The zero-order chi connectivity index (χ0) is 8.93. The van der Waals surface area contributed by atoms with Crippen molar-refractivity contribution in [2.75, 3.05) is 0 Å². The average Bonchev–Trinajstić information content (AvgIpc) is 2.62. The fourth-order valence-corrected chi connectivity index (χ4v) is 1.91. The first-order valence-electron chi connectivity index (χ1n) is 4.43. The van der Waals surface area contributed by atoms with E-state index in [0.717, 1.165) is 24.0 Å². The first-order valence-corrected chi connectivity index (χ1v) is 4.43. The lowest BCUT2D eigenvalue weighted by molar-refractivity contribution is -0.117. The molecular formula is C10H14O2. The van der Waals surface area contributed by atoms with Crippen molar-refractivity contribution in [3.05, 3.63) is 11.1 Å². The molecule has 1 saturated heterocycles. The number of fused-ring (bicyclic) bond motifs is 1. The normalized spacial score (nSPS) is 39.4. The molecule has 2 heteroatoms. The molecule has 66 valence electrons. The molecule has 0 aromatic carbocycles. The maximum absolute atomic E-state index is 11.6. The molecule has 0 unspecified atom stereocenters. The van der Waals surface area contributed by atoms with E-state index < -0.39 is 0 Å². The Balaban J connectivity index is 2.26. The van der Waals surface area contributed by atoms with Gasteiger partial charge in [-0.15, -0.1) is 0 Å². The Kier molecular flexibility index (Phi) is 1.46. The maximum atomic E-state index is 11.6. The molecule has 2 rings (SSSR count). The van der Waals surface area contributed by atoms with Crippen molar-refractivity contribution in [2.45, 2.75) is 45.3 Å². The van der Waals surface area contributed by atoms with Gasteiger partial charge < -0.3 is 4.74 Å². The van der Waals surface area contributed by atoms with Gasteiger partial charge >= 0.3 is 0 Å². The number of allylic oxidation sites excluding steroid dienone is 1. The van der Waals surface area contributed by atoms with Crippen molar-refractivity contribution >= 4 is 5.78 Å². The van der Waals surface area contributed by atoms with Gasteiger partial charge in [0.05, 0.1) is 0 Å². The van der Waals surface area contributed by atoms with Crippen molar-refractivity contribution in [2.24, 2.45) is 0 Å². The molecule has 1 saturated carbocycles. The summed E-state index contributed by atoms with van der Waals surface area (Å²) in [4.78, 5) is 11.6. The van der Waals surface area contributed by atoms with Crippen molar-refractivity contribution < 1.29 is 9.53 Å². The Morgan fingerprint density at radius 3 is 2.83 bits per heavy atom. The lowest BCUT2D eigenvalue weighted by atomic mass is 9.84. The van der Waals surface area contributed by atoms with Gasteiger partial charge in [-0.1, -0.05) is 5.57 Å². The van der Waals surface area contributed by atoms with Gasteiger partial charge in [-0.3, -0.25) is 4.79 Å². The standard InChI is InChI=1S/C10H14O2/c1-6(2)7-4-5-10(3)9(12-10)8(7)11/h9H,4-5H2,1-3H3/t9-,10-/m1/s1. The van der Waals surface area contributed by atoms with Crippen LogP contribution in [-0.2, 0) is 9.53 Å². The van der Waals surface area contributed by atoms with E-state index in [1.165, 1.54) is 0 Å². The minimum Gasteiger partial charge on any atom is -0.358 e. The SMILES string of the molecule is CC(C)=C1CC[C@@]2(C)O[C@@H]2C1=O. The summed E-state index contributed by atoms with van der Waals surface area (Å²) in [5, 5.41) is 0. The van der Waals surface area contributed by atoms with Crippen molar-refractivity contribution in [1.82, 2.24) is 0 Å². The quantitative estimate of drug-likeness (QED) is 0.406. The number of ether oxygens (including phenoxy) is 1. The molecule has 1 heterocycles. The molecule has 12 heavy (non-hydrogen) atoms. The van der Waals surface area contributed by atoms with Gasteiger partial charge in [-0.2, -0.15) is 0 Å². The fourth-order valence-electron chi connectivity index (χ4n) is 1.91. The van der Waals surface area contributed by atoms with Crippen LogP contribution in [0, 0.1) is 0 Å². The summed E-state index contributed by atoms with van der Waals surface area (Å²) < 4.78 is 5.37. The van der Waals surface area contributed by atoms with Gasteiger partial charge in [0.15, 0.2) is 5.78 Å². The number of epoxide rings is 1. The van der Waals surface area contributed by atoms with E-state index >= 15 is 0 Å². The van der Waals surface area contributed by atoms with Crippen molar-refractivity contribution in [1.29, 1.82) is 0 Å². The van der Waals surface area contributed by atoms with Gasteiger partial charge in [-0.25, -0.2) is 0 Å². The molecule has 1 aliphatic heterocycles. The van der Waals surface area contributed by atoms with Crippen LogP contribution in [0.2, 0.25) is 0 Å². The van der Waals surface area contributed by atoms with E-state index in [1.807, 2.05) is 20.8 Å². The number of rotatable bonds is 0. The third-order valence-electron chi connectivity index (χ3n) is 2.89. The first-order chi connectivity index (χ1) is 5.54. The Morgan fingerprint density at radius 2 is 2.25 bits per heavy atom. The van der Waals surface area contributed by atoms with Gasteiger partial charge in [0.1, 0.15) is 11.7 Å². The Hall–Kier alpha value is -0.630. The van der Waals surface area contributed by atoms with Gasteiger partial charge in [0, 0.05) is 0 Å². The summed E-state index contributed by atoms with van der Waals surface area (Å²) in [5.41, 5.74) is 2.04. The van der Waals surface area contributed by atoms with Crippen LogP contribution in [0.15, 0.2) is 11.1 Å². The smallest absolute Gasteiger partial charge is 0.190 e. The van der Waals surface area contributed by atoms with Crippen LogP contribution in [0.5, 0.6) is 0 Å². The maximum Gasteiger partial charge on any atom is 0.190 e. The van der Waals surface area contributed by atoms with Gasteiger partial charge in [0.2, 0.25) is 0 Å². The second kappa shape index (κ2) is 2.19. The zero-order valence-electron chi connectivity index (χ0n) is 7.81. The predicted molar refractivity (Wildman–Crippen MR) is 45.9 cm³/mol. The predicted octanol–water partition coefficient (Wildman–Crippen LogP) is 1.84. The van der Waals surface area contributed by atoms with Gasteiger partial charge in [0.25, 0.3) is 0 Å². The van der Waals surface area contributed by atoms with Crippen LogP contribution in [0.1, 0.15) is 33.6 Å². The molecular weight excluding hydrogens is 152 g/mol. The third-order valence-corrected chi connectivity index (χ3v) is 2.89. The first kappa shape index (κ1) is 7.99. The summed E-state index contributed by atoms with van der Waals surface area (Å²) in [6, 6.07) is 0. The number of carbonyl (C=O) groups is 1. The van der Waals surface area contributed by atoms with E-state index in [1.54, 1.807) is 0 Å². The van der Waals surface area contributed by atoms with Crippen molar-refractivity contribution in [3.63, 3.8) is 0 Å². The highest BCUT2D eigenvalue weighted by atomic mass is 16.6. The summed E-state index contributed by atoms with van der Waals surface area (Å²) in [5.74, 6) is 0.226. The van der Waals surface area contributed by atoms with E-state index in [-0.39, 0.29) is 17.5 Å². The average molecular weight is 166 g/mol. The lowest BCUT2D eigenvalue weighted by Crippen LogP contribution is -2.26. The summed E-state index contributed by atoms with van der Waals surface area (Å²) in [6.45, 7) is 6.02. The summed E-state index contributed by atoms with van der Waals surface area (Å²) >= 11 is 0. The Bertz CT molecular complexity index is 274. The zero-order valence-corrected chi connectivity index (χ0v) is 7.81. The number of hydrogen-bond acceptors (Lipinski definition) is 2. The van der Waals surface area contributed by atoms with Crippen LogP contribution in [0.3, 0.4) is 0 Å². The molecule has 0 aromatic rings. The molecule has 2 aliphatic rings. The second-order valence-corrected chi connectivity index (χ2v) is 4.15. The molecule has 0 bridgehead atoms. The van der Waals surface area contributed by atoms with Crippen LogP contribution < -0.4 is 0 Å². The van der Waals surface area contributed by atoms with E-state index in [0.29, 0.717) is 0 Å².